The van der Waals surface area contributed by atoms with E-state index in [1.807, 2.05) is 17.0 Å². The Morgan fingerprint density at radius 2 is 1.87 bits per heavy atom. The van der Waals surface area contributed by atoms with Crippen LogP contribution in [0.4, 0.5) is 10.2 Å². The molecule has 2 aromatic heterocycles. The molecule has 6 nitrogen and oxygen atoms in total. The van der Waals surface area contributed by atoms with Gasteiger partial charge in [0.15, 0.2) is 0 Å². The molecule has 1 aromatic carbocycles. The van der Waals surface area contributed by atoms with E-state index in [-0.39, 0.29) is 11.9 Å². The van der Waals surface area contributed by atoms with Crippen molar-refractivity contribution in [1.82, 2.24) is 14.5 Å². The van der Waals surface area contributed by atoms with Crippen molar-refractivity contribution in [2.75, 3.05) is 18.0 Å². The van der Waals surface area contributed by atoms with Gasteiger partial charge >= 0.3 is 0 Å². The summed E-state index contributed by atoms with van der Waals surface area (Å²) in [5.41, 5.74) is 1.14. The van der Waals surface area contributed by atoms with E-state index < -0.39 is 6.10 Å². The van der Waals surface area contributed by atoms with Gasteiger partial charge in [-0.25, -0.2) is 14.4 Å². The molecule has 0 amide bonds. The van der Waals surface area contributed by atoms with E-state index in [1.165, 1.54) is 12.1 Å². The van der Waals surface area contributed by atoms with E-state index in [1.54, 1.807) is 24.7 Å². The van der Waals surface area contributed by atoms with Crippen LogP contribution in [0.25, 0.3) is 0 Å². The highest BCUT2D eigenvalue weighted by molar-refractivity contribution is 5.41. The summed E-state index contributed by atoms with van der Waals surface area (Å²) in [5.74, 6) is 2.17. The first-order valence-electron chi connectivity index (χ1n) is 10.4. The standard InChI is InChI=1S/C23H25FN4O2/c24-19-2-4-20(5-3-19)30-22-10-18-14-28(13-17(18)9-21(22)29)23-6-1-16(11-26-23)12-27-8-7-25-15-27/h1-8,11,15,17-18,21-22,29H,9-10,12-14H2/t17-,18+,21+,22+/m0/s1. The van der Waals surface area contributed by atoms with Gasteiger partial charge in [-0.1, -0.05) is 6.07 Å². The number of hydrogen-bond donors (Lipinski definition) is 1. The molecule has 2 aliphatic rings. The van der Waals surface area contributed by atoms with Crippen molar-refractivity contribution in [2.24, 2.45) is 11.8 Å². The quantitative estimate of drug-likeness (QED) is 0.703. The predicted molar refractivity (Wildman–Crippen MR) is 111 cm³/mol. The van der Waals surface area contributed by atoms with Crippen molar-refractivity contribution in [2.45, 2.75) is 31.6 Å². The first kappa shape index (κ1) is 19.1. The maximum atomic E-state index is 13.1. The number of benzene rings is 1. The Hall–Kier alpha value is -2.93. The normalized spacial score (nSPS) is 25.9. The number of hydrogen-bond acceptors (Lipinski definition) is 5. The Bertz CT molecular complexity index is 962. The van der Waals surface area contributed by atoms with Crippen LogP contribution in [0.5, 0.6) is 5.75 Å². The summed E-state index contributed by atoms with van der Waals surface area (Å²) in [4.78, 5) is 11.1. The molecule has 0 radical (unpaired) electrons. The summed E-state index contributed by atoms with van der Waals surface area (Å²) in [6, 6.07) is 10.2. The Balaban J connectivity index is 1.22. The van der Waals surface area contributed by atoms with E-state index in [2.05, 4.69) is 27.0 Å². The summed E-state index contributed by atoms with van der Waals surface area (Å²) < 4.78 is 21.1. The molecule has 0 bridgehead atoms. The van der Waals surface area contributed by atoms with Crippen LogP contribution in [0.3, 0.4) is 0 Å². The predicted octanol–water partition coefficient (Wildman–Crippen LogP) is 3.12. The van der Waals surface area contributed by atoms with Crippen LogP contribution < -0.4 is 9.64 Å². The van der Waals surface area contributed by atoms with Gasteiger partial charge in [-0.2, -0.15) is 0 Å². The summed E-state index contributed by atoms with van der Waals surface area (Å²) in [6.45, 7) is 2.57. The number of fused-ring (bicyclic) bond motifs is 1. The van der Waals surface area contributed by atoms with Gasteiger partial charge in [-0.05, 0) is 60.6 Å². The molecular weight excluding hydrogens is 383 g/mol. The van der Waals surface area contributed by atoms with Gasteiger partial charge in [0.25, 0.3) is 0 Å². The fraction of sp³-hybridized carbons (Fsp3) is 0.391. The van der Waals surface area contributed by atoms with E-state index in [0.29, 0.717) is 24.0 Å². The molecule has 5 rings (SSSR count). The van der Waals surface area contributed by atoms with Gasteiger partial charge < -0.3 is 19.3 Å². The van der Waals surface area contributed by atoms with Crippen molar-refractivity contribution >= 4 is 5.82 Å². The van der Waals surface area contributed by atoms with Crippen molar-refractivity contribution in [3.05, 3.63) is 72.7 Å². The number of halogens is 1. The van der Waals surface area contributed by atoms with E-state index >= 15 is 0 Å². The number of nitrogens with zero attached hydrogens (tertiary/aromatic N) is 4. The lowest BCUT2D eigenvalue weighted by Gasteiger charge is -2.35. The van der Waals surface area contributed by atoms with Gasteiger partial charge in [0.1, 0.15) is 23.5 Å². The number of aromatic nitrogens is 3. The fourth-order valence-electron chi connectivity index (χ4n) is 4.68. The summed E-state index contributed by atoms with van der Waals surface area (Å²) in [5, 5.41) is 10.6. The van der Waals surface area contributed by atoms with Gasteiger partial charge in [-0.15, -0.1) is 0 Å². The highest BCUT2D eigenvalue weighted by Crippen LogP contribution is 2.39. The monoisotopic (exact) mass is 408 g/mol. The topological polar surface area (TPSA) is 63.4 Å². The van der Waals surface area contributed by atoms with E-state index in [4.69, 9.17) is 4.74 Å². The van der Waals surface area contributed by atoms with Gasteiger partial charge in [0, 0.05) is 38.2 Å². The highest BCUT2D eigenvalue weighted by Gasteiger charge is 2.43. The number of pyridine rings is 1. The molecule has 1 aliphatic heterocycles. The molecule has 0 unspecified atom stereocenters. The molecule has 0 spiro atoms. The van der Waals surface area contributed by atoms with Crippen molar-refractivity contribution in [3.8, 4) is 5.75 Å². The summed E-state index contributed by atoms with van der Waals surface area (Å²) >= 11 is 0. The van der Waals surface area contributed by atoms with E-state index in [0.717, 1.165) is 37.4 Å². The third-order valence-electron chi connectivity index (χ3n) is 6.24. The number of imidazole rings is 1. The van der Waals surface area contributed by atoms with Crippen molar-refractivity contribution < 1.29 is 14.2 Å². The molecular formula is C23H25FN4O2. The largest absolute Gasteiger partial charge is 0.488 e. The smallest absolute Gasteiger partial charge is 0.128 e. The number of aliphatic hydroxyl groups excluding tert-OH is 1. The molecule has 3 aromatic rings. The molecule has 4 atom stereocenters. The van der Waals surface area contributed by atoms with Crippen LogP contribution in [0.1, 0.15) is 18.4 Å². The van der Waals surface area contributed by atoms with Gasteiger partial charge in [0.05, 0.1) is 12.4 Å². The lowest BCUT2D eigenvalue weighted by molar-refractivity contribution is -0.0231. The van der Waals surface area contributed by atoms with Gasteiger partial charge in [0.2, 0.25) is 0 Å². The summed E-state index contributed by atoms with van der Waals surface area (Å²) in [7, 11) is 0. The maximum absolute atomic E-state index is 13.1. The molecule has 1 N–H and O–H groups in total. The van der Waals surface area contributed by atoms with E-state index in [9.17, 15) is 9.50 Å². The van der Waals surface area contributed by atoms with Crippen LogP contribution >= 0.6 is 0 Å². The van der Waals surface area contributed by atoms with Crippen LogP contribution in [-0.2, 0) is 6.54 Å². The minimum Gasteiger partial charge on any atom is -0.488 e. The molecule has 1 saturated heterocycles. The SMILES string of the molecule is O[C@@H]1C[C@H]2CN(c3ccc(Cn4ccnc4)cn3)C[C@H]2C[C@H]1Oc1ccc(F)cc1. The first-order valence-corrected chi connectivity index (χ1v) is 10.4. The lowest BCUT2D eigenvalue weighted by Crippen LogP contribution is -2.42. The number of anilines is 1. The molecule has 156 valence electrons. The molecule has 1 aliphatic carbocycles. The molecule has 30 heavy (non-hydrogen) atoms. The second-order valence-corrected chi connectivity index (χ2v) is 8.33. The Morgan fingerprint density at radius 3 is 2.57 bits per heavy atom. The van der Waals surface area contributed by atoms with Crippen molar-refractivity contribution in [3.63, 3.8) is 0 Å². The fourth-order valence-corrected chi connectivity index (χ4v) is 4.68. The molecule has 3 heterocycles. The maximum Gasteiger partial charge on any atom is 0.128 e. The Morgan fingerprint density at radius 1 is 1.07 bits per heavy atom. The van der Waals surface area contributed by atoms with Crippen molar-refractivity contribution in [1.29, 1.82) is 0 Å². The number of rotatable bonds is 5. The lowest BCUT2D eigenvalue weighted by atomic mass is 9.78. The minimum absolute atomic E-state index is 0.262. The third-order valence-corrected chi connectivity index (χ3v) is 6.24. The number of ether oxygens (including phenoxy) is 1. The van der Waals surface area contributed by atoms with Crippen LogP contribution in [-0.4, -0.2) is 44.9 Å². The average Bonchev–Trinajstić information content (AvgIpc) is 3.40. The second kappa shape index (κ2) is 8.07. The average molecular weight is 408 g/mol. The zero-order valence-electron chi connectivity index (χ0n) is 16.6. The molecule has 2 fully saturated rings. The summed E-state index contributed by atoms with van der Waals surface area (Å²) in [6.07, 6.45) is 8.17. The minimum atomic E-state index is -0.512. The highest BCUT2D eigenvalue weighted by atomic mass is 19.1. The first-order chi connectivity index (χ1) is 14.6. The third kappa shape index (κ3) is 4.03. The van der Waals surface area contributed by atoms with Gasteiger partial charge in [-0.3, -0.25) is 0 Å². The second-order valence-electron chi connectivity index (χ2n) is 8.33. The van der Waals surface area contributed by atoms with Crippen LogP contribution in [0.15, 0.2) is 61.3 Å². The zero-order chi connectivity index (χ0) is 20.5. The zero-order valence-corrected chi connectivity index (χ0v) is 16.6. The Kier molecular flexibility index (Phi) is 5.12. The Labute approximate surface area is 175 Å². The molecule has 1 saturated carbocycles. The number of aliphatic hydroxyl groups is 1. The van der Waals surface area contributed by atoms with Crippen LogP contribution in [0, 0.1) is 17.7 Å². The molecule has 7 heteroatoms. The van der Waals surface area contributed by atoms with Crippen LogP contribution in [0.2, 0.25) is 0 Å².